The molecule has 4 bridgehead atoms. The van der Waals surface area contributed by atoms with Crippen LogP contribution >= 0.6 is 11.6 Å². The standard InChI is InChI=1S/C17H20ClN3O2/c18-14-13(2-1-3-19-14)20-15(22)16(23)21-17-7-10-4-11(8-17)6-12(5-10)9-17/h1-3,10-12H,4-9H2,(H,20,22)(H,21,23). The summed E-state index contributed by atoms with van der Waals surface area (Å²) in [4.78, 5) is 28.4. The first-order chi connectivity index (χ1) is 11.0. The Kier molecular flexibility index (Phi) is 3.56. The number of rotatable bonds is 2. The number of hydrogen-bond donors (Lipinski definition) is 2. The van der Waals surface area contributed by atoms with Crippen LogP contribution in [0.25, 0.3) is 0 Å². The summed E-state index contributed by atoms with van der Waals surface area (Å²) in [5.74, 6) is 0.926. The Balaban J connectivity index is 1.44. The number of carbonyl (C=O) groups excluding carboxylic acids is 2. The zero-order valence-corrected chi connectivity index (χ0v) is 13.6. The highest BCUT2D eigenvalue weighted by molar-refractivity contribution is 6.41. The minimum atomic E-state index is -0.671. The number of amides is 2. The van der Waals surface area contributed by atoms with E-state index < -0.39 is 11.8 Å². The van der Waals surface area contributed by atoms with Crippen molar-refractivity contribution in [2.75, 3.05) is 5.32 Å². The molecule has 0 aliphatic heterocycles. The van der Waals surface area contributed by atoms with Gasteiger partial charge in [0.1, 0.15) is 0 Å². The van der Waals surface area contributed by atoms with E-state index in [1.165, 1.54) is 25.5 Å². The van der Waals surface area contributed by atoms with Gasteiger partial charge < -0.3 is 10.6 Å². The Morgan fingerprint density at radius 2 is 1.70 bits per heavy atom. The molecule has 2 N–H and O–H groups in total. The van der Waals surface area contributed by atoms with Crippen molar-refractivity contribution < 1.29 is 9.59 Å². The van der Waals surface area contributed by atoms with Gasteiger partial charge in [-0.25, -0.2) is 4.98 Å². The topological polar surface area (TPSA) is 71.1 Å². The molecule has 23 heavy (non-hydrogen) atoms. The quantitative estimate of drug-likeness (QED) is 0.645. The Bertz CT molecular complexity index is 626. The molecule has 6 heteroatoms. The summed E-state index contributed by atoms with van der Waals surface area (Å²) in [5.41, 5.74) is 0.196. The maximum absolute atomic E-state index is 12.4. The van der Waals surface area contributed by atoms with Crippen LogP contribution in [0.5, 0.6) is 0 Å². The van der Waals surface area contributed by atoms with Gasteiger partial charge >= 0.3 is 11.8 Å². The second kappa shape index (κ2) is 5.48. The second-order valence-corrected chi connectivity index (χ2v) is 7.81. The van der Waals surface area contributed by atoms with E-state index in [2.05, 4.69) is 15.6 Å². The normalized spacial score (nSPS) is 34.2. The summed E-state index contributed by atoms with van der Waals surface area (Å²) in [6, 6.07) is 3.30. The number of hydrogen-bond acceptors (Lipinski definition) is 3. The molecule has 5 rings (SSSR count). The van der Waals surface area contributed by atoms with Gasteiger partial charge in [0.2, 0.25) is 0 Å². The van der Waals surface area contributed by atoms with E-state index in [-0.39, 0.29) is 10.7 Å². The molecule has 4 fully saturated rings. The summed E-state index contributed by atoms with van der Waals surface area (Å²) in [6.07, 6.45) is 8.49. The smallest absolute Gasteiger partial charge is 0.313 e. The predicted molar refractivity (Wildman–Crippen MR) is 86.9 cm³/mol. The van der Waals surface area contributed by atoms with Crippen LogP contribution in [0.15, 0.2) is 18.3 Å². The molecular weight excluding hydrogens is 314 g/mol. The number of nitrogens with one attached hydrogen (secondary N) is 2. The summed E-state index contributed by atoms with van der Waals surface area (Å²) in [5, 5.41) is 5.78. The van der Waals surface area contributed by atoms with Gasteiger partial charge in [0, 0.05) is 11.7 Å². The minimum absolute atomic E-state index is 0.165. The average Bonchev–Trinajstić information content (AvgIpc) is 2.47. The highest BCUT2D eigenvalue weighted by atomic mass is 35.5. The Labute approximate surface area is 140 Å². The van der Waals surface area contributed by atoms with Crippen LogP contribution in [0, 0.1) is 17.8 Å². The summed E-state index contributed by atoms with van der Waals surface area (Å²) in [7, 11) is 0. The third-order valence-corrected chi connectivity index (χ3v) is 5.93. The van der Waals surface area contributed by atoms with Crippen molar-refractivity contribution in [2.45, 2.75) is 44.1 Å². The lowest BCUT2D eigenvalue weighted by atomic mass is 9.53. The van der Waals surface area contributed by atoms with Crippen LogP contribution in [-0.4, -0.2) is 22.3 Å². The maximum Gasteiger partial charge on any atom is 0.313 e. The number of carbonyl (C=O) groups is 2. The first-order valence-electron chi connectivity index (χ1n) is 8.27. The molecule has 0 aromatic carbocycles. The highest BCUT2D eigenvalue weighted by Crippen LogP contribution is 2.55. The monoisotopic (exact) mass is 333 g/mol. The molecular formula is C17H20ClN3O2. The van der Waals surface area contributed by atoms with Gasteiger partial charge in [0.05, 0.1) is 5.69 Å². The lowest BCUT2D eigenvalue weighted by Gasteiger charge is -2.56. The van der Waals surface area contributed by atoms with Crippen molar-refractivity contribution in [1.29, 1.82) is 0 Å². The van der Waals surface area contributed by atoms with E-state index in [9.17, 15) is 9.59 Å². The summed E-state index contributed by atoms with van der Waals surface area (Å²) >= 11 is 5.92. The third-order valence-electron chi connectivity index (χ3n) is 5.63. The van der Waals surface area contributed by atoms with Crippen LogP contribution in [-0.2, 0) is 9.59 Å². The number of anilines is 1. The molecule has 4 aliphatic carbocycles. The predicted octanol–water partition coefficient (Wildman–Crippen LogP) is 2.76. The first kappa shape index (κ1) is 14.9. The fourth-order valence-corrected chi connectivity index (χ4v) is 5.39. The van der Waals surface area contributed by atoms with E-state index in [4.69, 9.17) is 11.6 Å². The molecule has 4 saturated carbocycles. The van der Waals surface area contributed by atoms with Crippen LogP contribution < -0.4 is 10.6 Å². The van der Waals surface area contributed by atoms with Crippen molar-refractivity contribution >= 4 is 29.1 Å². The molecule has 4 aliphatic rings. The molecule has 2 amide bonds. The first-order valence-corrected chi connectivity index (χ1v) is 8.65. The van der Waals surface area contributed by atoms with Crippen molar-refractivity contribution in [3.63, 3.8) is 0 Å². The lowest BCUT2D eigenvalue weighted by molar-refractivity contribution is -0.139. The third kappa shape index (κ3) is 2.82. The van der Waals surface area contributed by atoms with E-state index in [1.807, 2.05) is 0 Å². The van der Waals surface area contributed by atoms with Crippen molar-refractivity contribution in [3.8, 4) is 0 Å². The SMILES string of the molecule is O=C(Nc1cccnc1Cl)C(=O)NC12CC3CC(CC(C3)C1)C2. The lowest BCUT2D eigenvalue weighted by Crippen LogP contribution is -2.61. The highest BCUT2D eigenvalue weighted by Gasteiger charge is 2.51. The van der Waals surface area contributed by atoms with Crippen LogP contribution in [0.4, 0.5) is 5.69 Å². The van der Waals surface area contributed by atoms with Gasteiger partial charge in [-0.2, -0.15) is 0 Å². The largest absolute Gasteiger partial charge is 0.342 e. The van der Waals surface area contributed by atoms with Crippen molar-refractivity contribution in [3.05, 3.63) is 23.5 Å². The molecule has 122 valence electrons. The van der Waals surface area contributed by atoms with Crippen LogP contribution in [0.2, 0.25) is 5.15 Å². The molecule has 0 unspecified atom stereocenters. The molecule has 1 aromatic rings. The zero-order chi connectivity index (χ0) is 16.0. The zero-order valence-electron chi connectivity index (χ0n) is 12.8. The molecule has 0 atom stereocenters. The second-order valence-electron chi connectivity index (χ2n) is 7.45. The fraction of sp³-hybridized carbons (Fsp3) is 0.588. The molecule has 0 radical (unpaired) electrons. The van der Waals surface area contributed by atoms with Crippen LogP contribution in [0.3, 0.4) is 0 Å². The molecule has 0 spiro atoms. The minimum Gasteiger partial charge on any atom is -0.342 e. The fourth-order valence-electron chi connectivity index (χ4n) is 5.22. The van der Waals surface area contributed by atoms with Gasteiger partial charge in [0.15, 0.2) is 5.15 Å². The molecule has 1 aromatic heterocycles. The van der Waals surface area contributed by atoms with Gasteiger partial charge in [-0.1, -0.05) is 11.6 Å². The van der Waals surface area contributed by atoms with E-state index in [0.717, 1.165) is 37.0 Å². The van der Waals surface area contributed by atoms with E-state index in [0.29, 0.717) is 5.69 Å². The number of pyridine rings is 1. The van der Waals surface area contributed by atoms with E-state index >= 15 is 0 Å². The molecule has 0 saturated heterocycles. The van der Waals surface area contributed by atoms with Gasteiger partial charge in [-0.15, -0.1) is 0 Å². The Hall–Kier alpha value is -1.62. The number of halogens is 1. The van der Waals surface area contributed by atoms with Crippen LogP contribution in [0.1, 0.15) is 38.5 Å². The van der Waals surface area contributed by atoms with Crippen molar-refractivity contribution in [1.82, 2.24) is 10.3 Å². The number of nitrogens with zero attached hydrogens (tertiary/aromatic N) is 1. The summed E-state index contributed by atoms with van der Waals surface area (Å²) in [6.45, 7) is 0. The maximum atomic E-state index is 12.4. The summed E-state index contributed by atoms with van der Waals surface area (Å²) < 4.78 is 0. The Morgan fingerprint density at radius 3 is 2.26 bits per heavy atom. The van der Waals surface area contributed by atoms with Gasteiger partial charge in [-0.3, -0.25) is 9.59 Å². The molecule has 1 heterocycles. The Morgan fingerprint density at radius 1 is 1.09 bits per heavy atom. The molecule has 5 nitrogen and oxygen atoms in total. The number of aromatic nitrogens is 1. The van der Waals surface area contributed by atoms with Gasteiger partial charge in [-0.05, 0) is 68.4 Å². The van der Waals surface area contributed by atoms with Gasteiger partial charge in [0.25, 0.3) is 0 Å². The van der Waals surface area contributed by atoms with E-state index in [1.54, 1.807) is 12.1 Å². The van der Waals surface area contributed by atoms with Crippen molar-refractivity contribution in [2.24, 2.45) is 17.8 Å². The average molecular weight is 334 g/mol.